The van der Waals surface area contributed by atoms with Crippen molar-refractivity contribution >= 4 is 16.7 Å². The summed E-state index contributed by atoms with van der Waals surface area (Å²) in [6, 6.07) is 18.0. The number of aromatic amines is 1. The molecular weight excluding hydrogens is 478 g/mol. The molecule has 3 aromatic heterocycles. The van der Waals surface area contributed by atoms with Crippen molar-refractivity contribution in [2.75, 3.05) is 11.4 Å². The predicted octanol–water partition coefficient (Wildman–Crippen LogP) is 7.79. The minimum atomic E-state index is 0.477. The molecule has 5 aromatic rings. The van der Waals surface area contributed by atoms with Crippen LogP contribution in [0.2, 0.25) is 0 Å². The van der Waals surface area contributed by atoms with Crippen molar-refractivity contribution in [1.82, 2.24) is 19.7 Å². The van der Waals surface area contributed by atoms with Gasteiger partial charge in [-0.25, -0.2) is 9.67 Å². The second-order valence-corrected chi connectivity index (χ2v) is 11.0. The quantitative estimate of drug-likeness (QED) is 0.240. The molecule has 4 heterocycles. The third kappa shape index (κ3) is 4.34. The number of nitrogens with zero attached hydrogens (tertiary/aromatic N) is 4. The van der Waals surface area contributed by atoms with Crippen LogP contribution in [0, 0.1) is 0 Å². The molecule has 1 N–H and O–H groups in total. The Hall–Kier alpha value is -3.86. The molecule has 0 amide bonds. The zero-order chi connectivity index (χ0) is 27.1. The smallest absolute Gasteiger partial charge is 0.128 e. The van der Waals surface area contributed by atoms with Gasteiger partial charge in [-0.3, -0.25) is 0 Å². The number of fused-ring (bicyclic) bond motifs is 2. The van der Waals surface area contributed by atoms with Crippen LogP contribution in [0.4, 0.5) is 5.82 Å². The number of aromatic nitrogens is 4. The van der Waals surface area contributed by atoms with E-state index in [1.165, 1.54) is 61.4 Å². The number of anilines is 1. The molecule has 0 saturated carbocycles. The Morgan fingerprint density at radius 3 is 2.33 bits per heavy atom. The summed E-state index contributed by atoms with van der Waals surface area (Å²) in [5.74, 6) is 1.52. The van der Waals surface area contributed by atoms with Gasteiger partial charge in [0.2, 0.25) is 0 Å². The lowest BCUT2D eigenvalue weighted by Gasteiger charge is -2.28. The average molecular weight is 518 g/mol. The third-order valence-electron chi connectivity index (χ3n) is 8.42. The number of rotatable bonds is 7. The van der Waals surface area contributed by atoms with E-state index in [2.05, 4.69) is 104 Å². The SMILES string of the molecule is CCc1cccc(CC)c1-n1nc2c(c1-c1ccc(CC)c3[nH]ccc13)CN(c1ccc(C(C)C)cn1)CC2. The molecule has 5 nitrogen and oxygen atoms in total. The molecule has 6 rings (SSSR count). The van der Waals surface area contributed by atoms with E-state index < -0.39 is 0 Å². The van der Waals surface area contributed by atoms with Crippen molar-refractivity contribution in [3.8, 4) is 16.9 Å². The largest absolute Gasteiger partial charge is 0.361 e. The van der Waals surface area contributed by atoms with Crippen LogP contribution in [-0.2, 0) is 32.2 Å². The van der Waals surface area contributed by atoms with E-state index in [1.807, 2.05) is 6.20 Å². The van der Waals surface area contributed by atoms with E-state index in [0.29, 0.717) is 5.92 Å². The highest BCUT2D eigenvalue weighted by Crippen LogP contribution is 2.39. The predicted molar refractivity (Wildman–Crippen MR) is 162 cm³/mol. The zero-order valence-electron chi connectivity index (χ0n) is 23.9. The summed E-state index contributed by atoms with van der Waals surface area (Å²) in [5.41, 5.74) is 12.8. The highest BCUT2D eigenvalue weighted by Gasteiger charge is 2.29. The standard InChI is InChI=1S/C34H39N5/c1-6-23-12-14-28(27-16-18-35-32(23)27)34-29-21-38(31-15-13-26(20-36-31)22(4)5)19-17-30(29)37-39(34)33-24(7-2)10-9-11-25(33)8-3/h9-16,18,20,22,35H,6-8,17,19,21H2,1-5H3. The maximum Gasteiger partial charge on any atom is 0.128 e. The first kappa shape index (κ1) is 25.4. The van der Waals surface area contributed by atoms with Crippen LogP contribution in [-0.4, -0.2) is 26.3 Å². The van der Waals surface area contributed by atoms with Gasteiger partial charge in [0.25, 0.3) is 0 Å². The summed E-state index contributed by atoms with van der Waals surface area (Å²) in [4.78, 5) is 10.8. The Morgan fingerprint density at radius 2 is 1.67 bits per heavy atom. The van der Waals surface area contributed by atoms with Crippen LogP contribution >= 0.6 is 0 Å². The maximum absolute atomic E-state index is 5.37. The number of H-pyrrole nitrogens is 1. The van der Waals surface area contributed by atoms with Gasteiger partial charge in [0.15, 0.2) is 0 Å². The summed E-state index contributed by atoms with van der Waals surface area (Å²) in [6.07, 6.45) is 7.96. The summed E-state index contributed by atoms with van der Waals surface area (Å²) in [5, 5.41) is 6.64. The highest BCUT2D eigenvalue weighted by molar-refractivity contribution is 5.97. The fourth-order valence-corrected chi connectivity index (χ4v) is 6.14. The number of benzene rings is 2. The van der Waals surface area contributed by atoms with Crippen LogP contribution < -0.4 is 4.90 Å². The maximum atomic E-state index is 5.37. The molecule has 39 heavy (non-hydrogen) atoms. The van der Waals surface area contributed by atoms with E-state index in [-0.39, 0.29) is 0 Å². The number of hydrogen-bond donors (Lipinski definition) is 1. The topological polar surface area (TPSA) is 49.7 Å². The van der Waals surface area contributed by atoms with Crippen LogP contribution in [0.1, 0.15) is 74.0 Å². The fraction of sp³-hybridized carbons (Fsp3) is 0.353. The lowest BCUT2D eigenvalue weighted by Crippen LogP contribution is -2.31. The Balaban J connectivity index is 1.57. The first-order chi connectivity index (χ1) is 19.0. The van der Waals surface area contributed by atoms with Gasteiger partial charge < -0.3 is 9.88 Å². The first-order valence-corrected chi connectivity index (χ1v) is 14.6. The van der Waals surface area contributed by atoms with Gasteiger partial charge in [-0.1, -0.05) is 71.0 Å². The first-order valence-electron chi connectivity index (χ1n) is 14.6. The highest BCUT2D eigenvalue weighted by atomic mass is 15.3. The van der Waals surface area contributed by atoms with E-state index in [0.717, 1.165) is 44.6 Å². The van der Waals surface area contributed by atoms with Crippen molar-refractivity contribution in [2.24, 2.45) is 0 Å². The van der Waals surface area contributed by atoms with E-state index in [1.54, 1.807) is 0 Å². The van der Waals surface area contributed by atoms with E-state index >= 15 is 0 Å². The Morgan fingerprint density at radius 1 is 0.897 bits per heavy atom. The molecule has 0 radical (unpaired) electrons. The monoisotopic (exact) mass is 517 g/mol. The van der Waals surface area contributed by atoms with Gasteiger partial charge in [0, 0.05) is 53.9 Å². The lowest BCUT2D eigenvalue weighted by molar-refractivity contribution is 0.704. The summed E-state index contributed by atoms with van der Waals surface area (Å²) in [7, 11) is 0. The number of hydrogen-bond acceptors (Lipinski definition) is 3. The van der Waals surface area contributed by atoms with Gasteiger partial charge in [0.05, 0.1) is 17.1 Å². The van der Waals surface area contributed by atoms with Crippen LogP contribution in [0.5, 0.6) is 0 Å². The fourth-order valence-electron chi connectivity index (χ4n) is 6.14. The zero-order valence-corrected chi connectivity index (χ0v) is 23.9. The van der Waals surface area contributed by atoms with Crippen molar-refractivity contribution in [3.63, 3.8) is 0 Å². The number of para-hydroxylation sites is 1. The van der Waals surface area contributed by atoms with Crippen LogP contribution in [0.3, 0.4) is 0 Å². The third-order valence-corrected chi connectivity index (χ3v) is 8.42. The molecule has 0 atom stereocenters. The molecule has 2 aromatic carbocycles. The average Bonchev–Trinajstić information content (AvgIpc) is 3.61. The molecule has 0 unspecified atom stereocenters. The molecule has 0 spiro atoms. The Kier molecular flexibility index (Phi) is 6.76. The summed E-state index contributed by atoms with van der Waals surface area (Å²) >= 11 is 0. The van der Waals surface area contributed by atoms with Gasteiger partial charge in [-0.2, -0.15) is 5.10 Å². The Bertz CT molecular complexity index is 1600. The molecule has 0 bridgehead atoms. The van der Waals surface area contributed by atoms with E-state index in [4.69, 9.17) is 10.1 Å². The van der Waals surface area contributed by atoms with Gasteiger partial charge >= 0.3 is 0 Å². The minimum Gasteiger partial charge on any atom is -0.361 e. The number of pyridine rings is 1. The molecule has 0 aliphatic carbocycles. The molecule has 1 aliphatic rings. The van der Waals surface area contributed by atoms with Crippen molar-refractivity contribution in [1.29, 1.82) is 0 Å². The Labute approximate surface area is 231 Å². The molecule has 0 saturated heterocycles. The molecule has 5 heteroatoms. The molecular formula is C34H39N5. The van der Waals surface area contributed by atoms with E-state index in [9.17, 15) is 0 Å². The van der Waals surface area contributed by atoms with Gasteiger partial charge in [-0.15, -0.1) is 0 Å². The summed E-state index contributed by atoms with van der Waals surface area (Å²) < 4.78 is 2.29. The summed E-state index contributed by atoms with van der Waals surface area (Å²) in [6.45, 7) is 12.9. The second kappa shape index (κ2) is 10.4. The van der Waals surface area contributed by atoms with Gasteiger partial charge in [0.1, 0.15) is 5.82 Å². The number of nitrogens with one attached hydrogen (secondary N) is 1. The van der Waals surface area contributed by atoms with Crippen molar-refractivity contribution in [2.45, 2.75) is 72.8 Å². The molecule has 1 aliphatic heterocycles. The normalized spacial score (nSPS) is 13.4. The van der Waals surface area contributed by atoms with Crippen LogP contribution in [0.25, 0.3) is 27.8 Å². The minimum absolute atomic E-state index is 0.477. The molecule has 200 valence electrons. The van der Waals surface area contributed by atoms with Gasteiger partial charge in [-0.05, 0) is 59.6 Å². The second-order valence-electron chi connectivity index (χ2n) is 11.0. The van der Waals surface area contributed by atoms with Crippen molar-refractivity contribution < 1.29 is 0 Å². The van der Waals surface area contributed by atoms with Crippen molar-refractivity contribution in [3.05, 3.63) is 94.4 Å². The lowest BCUT2D eigenvalue weighted by atomic mass is 9.95. The number of aryl methyl sites for hydroxylation is 3. The molecule has 0 fully saturated rings. The van der Waals surface area contributed by atoms with Crippen LogP contribution in [0.15, 0.2) is 60.9 Å².